The van der Waals surface area contributed by atoms with Crippen LogP contribution >= 0.6 is 0 Å². The molecule has 2 amide bonds. The molecule has 1 fully saturated rings. The van der Waals surface area contributed by atoms with E-state index in [1.54, 1.807) is 0 Å². The third-order valence-corrected chi connectivity index (χ3v) is 9.87. The lowest BCUT2D eigenvalue weighted by Gasteiger charge is -2.39. The zero-order valence-corrected chi connectivity index (χ0v) is 25.8. The van der Waals surface area contributed by atoms with Gasteiger partial charge >= 0.3 is 0 Å². The Bertz CT molecular complexity index is 1220. The van der Waals surface area contributed by atoms with Crippen LogP contribution in [0.3, 0.4) is 0 Å². The smallest absolute Gasteiger partial charge is 0.253 e. The second kappa shape index (κ2) is 14.8. The third kappa shape index (κ3) is 8.64. The highest BCUT2D eigenvalue weighted by Gasteiger charge is 2.33. The molecule has 220 valence electrons. The molecule has 1 saturated heterocycles. The minimum Gasteiger partial charge on any atom is -0.338 e. The average Bonchev–Trinajstić information content (AvgIpc) is 2.94. The highest BCUT2D eigenvalue weighted by atomic mass is 32.2. The molecule has 40 heavy (non-hydrogen) atoms. The van der Waals surface area contributed by atoms with Crippen molar-refractivity contribution in [1.29, 1.82) is 0 Å². The normalized spacial score (nSPS) is 14.6. The summed E-state index contributed by atoms with van der Waals surface area (Å²) in [5.74, 6) is 0.211. The van der Waals surface area contributed by atoms with Gasteiger partial charge in [-0.05, 0) is 73.8 Å². The summed E-state index contributed by atoms with van der Waals surface area (Å²) >= 11 is 0. The van der Waals surface area contributed by atoms with Crippen LogP contribution in [0.15, 0.2) is 48.5 Å². The van der Waals surface area contributed by atoms with Crippen LogP contribution in [0.4, 0.5) is 0 Å². The molecule has 0 unspecified atom stereocenters. The maximum Gasteiger partial charge on any atom is 0.253 e. The number of carbonyl (C=O) groups is 2. The molecular weight excluding hydrogens is 522 g/mol. The van der Waals surface area contributed by atoms with Gasteiger partial charge in [0.2, 0.25) is 15.9 Å². The van der Waals surface area contributed by atoms with E-state index in [9.17, 15) is 18.0 Å². The molecule has 0 saturated carbocycles. The molecule has 1 heterocycles. The predicted molar refractivity (Wildman–Crippen MR) is 162 cm³/mol. The van der Waals surface area contributed by atoms with Crippen molar-refractivity contribution in [3.63, 3.8) is 0 Å². The van der Waals surface area contributed by atoms with Gasteiger partial charge in [0.05, 0.1) is 12.3 Å². The van der Waals surface area contributed by atoms with Gasteiger partial charge in [-0.25, -0.2) is 8.42 Å². The molecule has 8 heteroatoms. The largest absolute Gasteiger partial charge is 0.338 e. The fourth-order valence-electron chi connectivity index (χ4n) is 5.19. The summed E-state index contributed by atoms with van der Waals surface area (Å²) in [5, 5.41) is 0. The molecule has 0 N–H and O–H groups in total. The van der Waals surface area contributed by atoms with Crippen LogP contribution in [0.5, 0.6) is 0 Å². The Hall–Kier alpha value is -2.71. The molecule has 0 bridgehead atoms. The van der Waals surface area contributed by atoms with E-state index in [1.165, 1.54) is 9.87 Å². The second-order valence-electron chi connectivity index (χ2n) is 11.4. The van der Waals surface area contributed by atoms with Gasteiger partial charge in [-0.1, -0.05) is 64.1 Å². The molecule has 3 rings (SSSR count). The van der Waals surface area contributed by atoms with Gasteiger partial charge in [0.1, 0.15) is 0 Å². The molecule has 0 radical (unpaired) electrons. The quantitative estimate of drug-likeness (QED) is 0.329. The number of hydrogen-bond acceptors (Lipinski definition) is 4. The predicted octanol–water partition coefficient (Wildman–Crippen LogP) is 5.28. The van der Waals surface area contributed by atoms with Gasteiger partial charge in [0, 0.05) is 37.8 Å². The third-order valence-electron chi connectivity index (χ3n) is 7.85. The second-order valence-corrected chi connectivity index (χ2v) is 13.4. The summed E-state index contributed by atoms with van der Waals surface area (Å²) in [5.41, 5.74) is 4.03. The number of rotatable bonds is 13. The molecule has 0 aromatic heterocycles. The fraction of sp³-hybridized carbons (Fsp3) is 0.562. The maximum atomic E-state index is 13.9. The number of piperidine rings is 1. The summed E-state index contributed by atoms with van der Waals surface area (Å²) < 4.78 is 27.6. The first-order chi connectivity index (χ1) is 19.1. The van der Waals surface area contributed by atoms with Gasteiger partial charge in [-0.3, -0.25) is 9.59 Å². The van der Waals surface area contributed by atoms with Gasteiger partial charge < -0.3 is 9.80 Å². The fourth-order valence-corrected chi connectivity index (χ4v) is 6.65. The van der Waals surface area contributed by atoms with Crippen molar-refractivity contribution >= 4 is 21.8 Å². The Morgan fingerprint density at radius 2 is 1.65 bits per heavy atom. The van der Waals surface area contributed by atoms with E-state index in [0.717, 1.165) is 17.5 Å². The van der Waals surface area contributed by atoms with Crippen molar-refractivity contribution in [3.05, 3.63) is 70.8 Å². The van der Waals surface area contributed by atoms with E-state index in [1.807, 2.05) is 72.2 Å². The van der Waals surface area contributed by atoms with Crippen molar-refractivity contribution in [2.75, 3.05) is 31.9 Å². The number of likely N-dealkylation sites (tertiary alicyclic amines) is 1. The van der Waals surface area contributed by atoms with Gasteiger partial charge in [0.15, 0.2) is 0 Å². The number of sulfonamides is 1. The monoisotopic (exact) mass is 569 g/mol. The van der Waals surface area contributed by atoms with Crippen molar-refractivity contribution in [3.8, 4) is 0 Å². The number of carbonyl (C=O) groups excluding carboxylic acids is 2. The minimum absolute atomic E-state index is 0.0170. The Morgan fingerprint density at radius 3 is 2.23 bits per heavy atom. The maximum absolute atomic E-state index is 13.9. The van der Waals surface area contributed by atoms with Crippen LogP contribution in [0.25, 0.3) is 0 Å². The van der Waals surface area contributed by atoms with E-state index < -0.39 is 10.0 Å². The van der Waals surface area contributed by atoms with Crippen LogP contribution in [-0.2, 0) is 27.8 Å². The number of nitrogens with zero attached hydrogens (tertiary/aromatic N) is 3. The summed E-state index contributed by atoms with van der Waals surface area (Å²) in [6.07, 6.45) is 3.45. The number of amides is 2. The molecule has 0 atom stereocenters. The molecule has 2 aromatic carbocycles. The summed E-state index contributed by atoms with van der Waals surface area (Å²) in [7, 11) is -3.53. The van der Waals surface area contributed by atoms with Crippen LogP contribution in [0.2, 0.25) is 0 Å². The van der Waals surface area contributed by atoms with Crippen molar-refractivity contribution < 1.29 is 18.0 Å². The van der Waals surface area contributed by atoms with Crippen molar-refractivity contribution in [2.24, 2.45) is 5.92 Å². The first-order valence-electron chi connectivity index (χ1n) is 14.8. The summed E-state index contributed by atoms with van der Waals surface area (Å²) in [4.78, 5) is 30.8. The molecule has 0 aliphatic carbocycles. The van der Waals surface area contributed by atoms with E-state index >= 15 is 0 Å². The van der Waals surface area contributed by atoms with Crippen molar-refractivity contribution in [2.45, 2.75) is 79.3 Å². The van der Waals surface area contributed by atoms with E-state index in [0.29, 0.717) is 63.3 Å². The SMILES string of the molecule is CCCS(=O)(=O)N(CCC(C)C)CC(=O)N(Cc1ccccc1C)C1CCN(C(=O)c2ccc(CC)cc2)CC1. The molecule has 1 aliphatic heterocycles. The Morgan fingerprint density at radius 1 is 1.00 bits per heavy atom. The first kappa shape index (κ1) is 31.8. The summed E-state index contributed by atoms with van der Waals surface area (Å²) in [6, 6.07) is 15.7. The molecule has 2 aromatic rings. The highest BCUT2D eigenvalue weighted by molar-refractivity contribution is 7.89. The molecular formula is C32H47N3O4S. The zero-order chi connectivity index (χ0) is 29.3. The van der Waals surface area contributed by atoms with Crippen molar-refractivity contribution in [1.82, 2.24) is 14.1 Å². The average molecular weight is 570 g/mol. The standard InChI is InChI=1S/C32H47N3O4S/c1-6-22-40(38,39)34(21-16-25(3)4)24-31(36)35(23-29-11-9-8-10-26(29)5)30-17-19-33(20-18-30)32(37)28-14-12-27(7-2)13-15-28/h8-15,25,30H,6-7,16-24H2,1-5H3. The van der Waals surface area contributed by atoms with Crippen LogP contribution in [0, 0.1) is 12.8 Å². The van der Waals surface area contributed by atoms with Crippen LogP contribution in [0.1, 0.15) is 80.4 Å². The number of aryl methyl sites for hydroxylation is 2. The van der Waals surface area contributed by atoms with Gasteiger partial charge in [-0.15, -0.1) is 0 Å². The summed E-state index contributed by atoms with van der Waals surface area (Å²) in [6.45, 7) is 11.8. The molecule has 7 nitrogen and oxygen atoms in total. The van der Waals surface area contributed by atoms with Crippen LogP contribution < -0.4 is 0 Å². The van der Waals surface area contributed by atoms with E-state index in [4.69, 9.17) is 0 Å². The number of benzene rings is 2. The zero-order valence-electron chi connectivity index (χ0n) is 24.9. The Labute approximate surface area is 241 Å². The van der Waals surface area contributed by atoms with Gasteiger partial charge in [-0.2, -0.15) is 4.31 Å². The Kier molecular flexibility index (Phi) is 11.8. The topological polar surface area (TPSA) is 78.0 Å². The lowest BCUT2D eigenvalue weighted by Crippen LogP contribution is -2.51. The lowest BCUT2D eigenvalue weighted by atomic mass is 9.99. The first-order valence-corrected chi connectivity index (χ1v) is 16.4. The van der Waals surface area contributed by atoms with E-state index in [-0.39, 0.29) is 30.2 Å². The van der Waals surface area contributed by atoms with E-state index in [2.05, 4.69) is 20.8 Å². The number of hydrogen-bond donors (Lipinski definition) is 0. The minimum atomic E-state index is -3.53. The van der Waals surface area contributed by atoms with Crippen LogP contribution in [-0.4, -0.2) is 72.3 Å². The molecule has 0 spiro atoms. The van der Waals surface area contributed by atoms with Gasteiger partial charge in [0.25, 0.3) is 5.91 Å². The molecule has 1 aliphatic rings. The lowest BCUT2D eigenvalue weighted by molar-refractivity contribution is -0.135. The highest BCUT2D eigenvalue weighted by Crippen LogP contribution is 2.23. The Balaban J connectivity index is 1.78.